The molecule has 0 aliphatic rings. The van der Waals surface area contributed by atoms with Gasteiger partial charge in [-0.25, -0.2) is 4.98 Å². The van der Waals surface area contributed by atoms with Crippen molar-refractivity contribution in [1.29, 1.82) is 0 Å². The first-order valence-electron chi connectivity index (χ1n) is 9.09. The smallest absolute Gasteiger partial charge is 0.288 e. The number of methoxy groups -OCH3 is 1. The van der Waals surface area contributed by atoms with Gasteiger partial charge in [0.25, 0.3) is 5.91 Å². The minimum absolute atomic E-state index is 0.232. The molecule has 148 valence electrons. The first-order valence-corrected chi connectivity index (χ1v) is 9.47. The molecule has 1 unspecified atom stereocenters. The number of aryl methyl sites for hydroxylation is 2. The van der Waals surface area contributed by atoms with Crippen molar-refractivity contribution in [2.75, 3.05) is 7.11 Å². The van der Waals surface area contributed by atoms with Crippen LogP contribution >= 0.6 is 11.6 Å². The van der Waals surface area contributed by atoms with E-state index in [1.165, 1.54) is 0 Å². The highest BCUT2D eigenvalue weighted by Gasteiger charge is 2.25. The number of imidazole rings is 1. The summed E-state index contributed by atoms with van der Waals surface area (Å²) in [4.78, 5) is 17.6. The van der Waals surface area contributed by atoms with Crippen LogP contribution in [0.3, 0.4) is 0 Å². The van der Waals surface area contributed by atoms with E-state index in [4.69, 9.17) is 20.8 Å². The summed E-state index contributed by atoms with van der Waals surface area (Å²) >= 11 is 6.23. The summed E-state index contributed by atoms with van der Waals surface area (Å²) in [5.41, 5.74) is 2.09. The van der Waals surface area contributed by atoms with Crippen molar-refractivity contribution in [3.8, 4) is 5.75 Å². The Morgan fingerprint density at radius 1 is 1.28 bits per heavy atom. The van der Waals surface area contributed by atoms with E-state index >= 15 is 0 Å². The lowest BCUT2D eigenvalue weighted by Gasteiger charge is -2.19. The fraction of sp³-hybridized carbons (Fsp3) is 0.182. The predicted octanol–water partition coefficient (Wildman–Crippen LogP) is 4.66. The number of para-hydroxylation sites is 1. The Morgan fingerprint density at radius 2 is 2.07 bits per heavy atom. The van der Waals surface area contributed by atoms with Crippen LogP contribution < -0.4 is 10.1 Å². The Balaban J connectivity index is 1.75. The topological polar surface area (TPSA) is 69.3 Å². The molecule has 0 bridgehead atoms. The van der Waals surface area contributed by atoms with Gasteiger partial charge in [0.1, 0.15) is 17.6 Å². The summed E-state index contributed by atoms with van der Waals surface area (Å²) < 4.78 is 13.0. The molecule has 0 fully saturated rings. The van der Waals surface area contributed by atoms with E-state index in [1.54, 1.807) is 19.4 Å². The normalized spacial score (nSPS) is 12.1. The van der Waals surface area contributed by atoms with Crippen LogP contribution in [-0.2, 0) is 7.05 Å². The summed E-state index contributed by atoms with van der Waals surface area (Å²) in [6.45, 7) is 1.85. The zero-order valence-corrected chi connectivity index (χ0v) is 17.0. The van der Waals surface area contributed by atoms with Crippen molar-refractivity contribution in [3.63, 3.8) is 0 Å². The highest BCUT2D eigenvalue weighted by atomic mass is 35.5. The summed E-state index contributed by atoms with van der Waals surface area (Å²) in [5, 5.41) is 4.34. The maximum Gasteiger partial charge on any atom is 0.288 e. The highest BCUT2D eigenvalue weighted by Crippen LogP contribution is 2.31. The Kier molecular flexibility index (Phi) is 5.03. The molecule has 0 spiro atoms. The summed E-state index contributed by atoms with van der Waals surface area (Å²) in [6, 6.07) is 12.5. The number of benzene rings is 2. The lowest BCUT2D eigenvalue weighted by molar-refractivity contribution is 0.0914. The number of furan rings is 1. The standard InChI is InChI=1S/C22H20ClN3O3/c1-13-16-8-5-9-17(23)20(16)29-19(13)22(27)25-18(21-24-10-11-26(21)2)14-6-4-7-15(12-14)28-3/h4-12,18H,1-3H3,(H,25,27). The molecule has 2 aromatic heterocycles. The van der Waals surface area contributed by atoms with Crippen LogP contribution in [0.4, 0.5) is 0 Å². The molecule has 0 radical (unpaired) electrons. The molecule has 4 aromatic rings. The number of nitrogens with one attached hydrogen (secondary N) is 1. The largest absolute Gasteiger partial charge is 0.497 e. The third kappa shape index (κ3) is 3.47. The molecule has 1 atom stereocenters. The van der Waals surface area contributed by atoms with E-state index in [0.29, 0.717) is 22.2 Å². The van der Waals surface area contributed by atoms with Gasteiger partial charge in [-0.1, -0.05) is 35.9 Å². The monoisotopic (exact) mass is 409 g/mol. The second kappa shape index (κ2) is 7.64. The number of rotatable bonds is 5. The number of nitrogens with zero attached hydrogens (tertiary/aromatic N) is 2. The van der Waals surface area contributed by atoms with Gasteiger partial charge in [0.05, 0.1) is 12.1 Å². The molecule has 2 heterocycles. The Morgan fingerprint density at radius 3 is 2.76 bits per heavy atom. The number of ether oxygens (including phenoxy) is 1. The number of hydrogen-bond acceptors (Lipinski definition) is 4. The third-order valence-electron chi connectivity index (χ3n) is 4.94. The fourth-order valence-corrected chi connectivity index (χ4v) is 3.61. The second-order valence-electron chi connectivity index (χ2n) is 6.75. The first kappa shape index (κ1) is 19.1. The summed E-state index contributed by atoms with van der Waals surface area (Å²) in [6.07, 6.45) is 3.53. The molecular formula is C22H20ClN3O3. The molecule has 0 aliphatic heterocycles. The number of carbonyl (C=O) groups is 1. The van der Waals surface area contributed by atoms with Gasteiger partial charge in [-0.15, -0.1) is 0 Å². The summed E-state index contributed by atoms with van der Waals surface area (Å²) in [7, 11) is 3.49. The summed E-state index contributed by atoms with van der Waals surface area (Å²) in [5.74, 6) is 1.28. The minimum atomic E-state index is -0.485. The SMILES string of the molecule is COc1cccc(C(NC(=O)c2oc3c(Cl)cccc3c2C)c2nccn2C)c1. The van der Waals surface area contributed by atoms with E-state index < -0.39 is 6.04 Å². The number of carbonyl (C=O) groups excluding carboxylic acids is 1. The van der Waals surface area contributed by atoms with Crippen LogP contribution in [0.5, 0.6) is 5.75 Å². The van der Waals surface area contributed by atoms with E-state index in [2.05, 4.69) is 10.3 Å². The van der Waals surface area contributed by atoms with E-state index in [9.17, 15) is 4.79 Å². The maximum atomic E-state index is 13.2. The Labute approximate surface area is 173 Å². The van der Waals surface area contributed by atoms with Crippen molar-refractivity contribution in [1.82, 2.24) is 14.9 Å². The number of hydrogen-bond donors (Lipinski definition) is 1. The Hall–Kier alpha value is -3.25. The second-order valence-corrected chi connectivity index (χ2v) is 7.16. The van der Waals surface area contributed by atoms with Crippen LogP contribution in [0, 0.1) is 6.92 Å². The number of fused-ring (bicyclic) bond motifs is 1. The molecule has 7 heteroatoms. The first-order chi connectivity index (χ1) is 14.0. The lowest BCUT2D eigenvalue weighted by Crippen LogP contribution is -2.31. The molecule has 0 saturated carbocycles. The van der Waals surface area contributed by atoms with Crippen LogP contribution in [0.25, 0.3) is 11.0 Å². The van der Waals surface area contributed by atoms with Crippen LogP contribution in [0.15, 0.2) is 59.3 Å². The van der Waals surface area contributed by atoms with Crippen molar-refractivity contribution in [2.45, 2.75) is 13.0 Å². The van der Waals surface area contributed by atoms with Gasteiger partial charge in [-0.2, -0.15) is 0 Å². The molecular weight excluding hydrogens is 390 g/mol. The van der Waals surface area contributed by atoms with E-state index in [-0.39, 0.29) is 11.7 Å². The maximum absolute atomic E-state index is 13.2. The van der Waals surface area contributed by atoms with Crippen molar-refractivity contribution in [3.05, 3.63) is 82.6 Å². The van der Waals surface area contributed by atoms with Crippen LogP contribution in [-0.4, -0.2) is 22.6 Å². The molecule has 4 rings (SSSR count). The minimum Gasteiger partial charge on any atom is -0.497 e. The molecule has 1 amide bonds. The molecule has 2 aromatic carbocycles. The molecule has 6 nitrogen and oxygen atoms in total. The van der Waals surface area contributed by atoms with Gasteiger partial charge in [0.2, 0.25) is 0 Å². The number of amides is 1. The van der Waals surface area contributed by atoms with E-state index in [1.807, 2.05) is 61.1 Å². The van der Waals surface area contributed by atoms with Crippen molar-refractivity contribution < 1.29 is 13.9 Å². The number of halogens is 1. The van der Waals surface area contributed by atoms with Crippen molar-refractivity contribution >= 4 is 28.5 Å². The zero-order valence-electron chi connectivity index (χ0n) is 16.3. The molecule has 1 N–H and O–H groups in total. The van der Waals surface area contributed by atoms with Gasteiger partial charge < -0.3 is 19.0 Å². The van der Waals surface area contributed by atoms with Gasteiger partial charge >= 0.3 is 0 Å². The van der Waals surface area contributed by atoms with E-state index in [0.717, 1.165) is 16.5 Å². The molecule has 29 heavy (non-hydrogen) atoms. The van der Waals surface area contributed by atoms with Crippen LogP contribution in [0.2, 0.25) is 5.02 Å². The highest BCUT2D eigenvalue weighted by molar-refractivity contribution is 6.35. The van der Waals surface area contributed by atoms with Gasteiger partial charge in [-0.3, -0.25) is 4.79 Å². The Bertz CT molecular complexity index is 1200. The van der Waals surface area contributed by atoms with Crippen LogP contribution in [0.1, 0.15) is 33.5 Å². The van der Waals surface area contributed by atoms with Gasteiger partial charge in [-0.05, 0) is 30.7 Å². The third-order valence-corrected chi connectivity index (χ3v) is 5.24. The predicted molar refractivity (Wildman–Crippen MR) is 111 cm³/mol. The quantitative estimate of drug-likeness (QED) is 0.520. The van der Waals surface area contributed by atoms with Gasteiger partial charge in [0.15, 0.2) is 11.3 Å². The lowest BCUT2D eigenvalue weighted by atomic mass is 10.0. The zero-order chi connectivity index (χ0) is 20.5. The average molecular weight is 410 g/mol. The van der Waals surface area contributed by atoms with Gasteiger partial charge in [0, 0.05) is 30.4 Å². The molecule has 0 saturated heterocycles. The average Bonchev–Trinajstić information content (AvgIpc) is 3.30. The number of aromatic nitrogens is 2. The fourth-order valence-electron chi connectivity index (χ4n) is 3.40. The molecule has 0 aliphatic carbocycles. The van der Waals surface area contributed by atoms with Crippen molar-refractivity contribution in [2.24, 2.45) is 7.05 Å².